The average molecular weight is 318 g/mol. The molecular weight excluding hydrogens is 292 g/mol. The smallest absolute Gasteiger partial charge is 0.326 e. The van der Waals surface area contributed by atoms with E-state index < -0.39 is 5.60 Å². The zero-order valence-electron chi connectivity index (χ0n) is 14.2. The second-order valence-corrected chi connectivity index (χ2v) is 6.85. The van der Waals surface area contributed by atoms with Gasteiger partial charge in [-0.2, -0.15) is 0 Å². The number of carbonyl (C=O) groups excluding carboxylic acids is 1. The molecule has 23 heavy (non-hydrogen) atoms. The number of benzene rings is 1. The topological polar surface area (TPSA) is 64.1 Å². The number of unbranched alkanes of at least 4 members (excludes halogenated alkanes) is 3. The number of hydrogen-bond donors (Lipinski definition) is 1. The van der Waals surface area contributed by atoms with Crippen molar-refractivity contribution in [3.63, 3.8) is 0 Å². The Morgan fingerprint density at radius 3 is 2.57 bits per heavy atom. The first-order valence-electron chi connectivity index (χ1n) is 8.26. The van der Waals surface area contributed by atoms with Gasteiger partial charge in [0, 0.05) is 13.0 Å². The fraction of sp³-hybridized carbons (Fsp3) is 0.556. The number of imidazole rings is 1. The summed E-state index contributed by atoms with van der Waals surface area (Å²) in [6.07, 6.45) is 4.18. The van der Waals surface area contributed by atoms with Gasteiger partial charge in [0.1, 0.15) is 5.60 Å². The molecule has 0 saturated carbocycles. The lowest BCUT2D eigenvalue weighted by Crippen LogP contribution is -2.23. The van der Waals surface area contributed by atoms with Gasteiger partial charge in [-0.25, -0.2) is 4.79 Å². The Morgan fingerprint density at radius 2 is 1.83 bits per heavy atom. The summed E-state index contributed by atoms with van der Waals surface area (Å²) in [5.41, 5.74) is 1.36. The van der Waals surface area contributed by atoms with Gasteiger partial charge in [-0.1, -0.05) is 25.0 Å². The van der Waals surface area contributed by atoms with Crippen molar-refractivity contribution in [3.05, 3.63) is 34.7 Å². The zero-order chi connectivity index (χ0) is 16.9. The van der Waals surface area contributed by atoms with Crippen molar-refractivity contribution in [2.24, 2.45) is 0 Å². The molecule has 0 fully saturated rings. The summed E-state index contributed by atoms with van der Waals surface area (Å²) >= 11 is 0. The van der Waals surface area contributed by atoms with Gasteiger partial charge in [0.05, 0.1) is 11.0 Å². The summed E-state index contributed by atoms with van der Waals surface area (Å²) in [5, 5.41) is 0. The van der Waals surface area contributed by atoms with Crippen molar-refractivity contribution in [2.45, 2.75) is 65.0 Å². The van der Waals surface area contributed by atoms with Gasteiger partial charge in [-0.15, -0.1) is 0 Å². The summed E-state index contributed by atoms with van der Waals surface area (Å²) in [4.78, 5) is 26.4. The molecule has 2 rings (SSSR count). The second-order valence-electron chi connectivity index (χ2n) is 6.85. The van der Waals surface area contributed by atoms with E-state index >= 15 is 0 Å². The van der Waals surface area contributed by atoms with Gasteiger partial charge in [0.15, 0.2) is 0 Å². The van der Waals surface area contributed by atoms with Crippen LogP contribution in [0.3, 0.4) is 0 Å². The van der Waals surface area contributed by atoms with Crippen LogP contribution in [-0.4, -0.2) is 21.1 Å². The van der Waals surface area contributed by atoms with Crippen molar-refractivity contribution in [1.82, 2.24) is 9.55 Å². The highest BCUT2D eigenvalue weighted by molar-refractivity contribution is 5.74. The SMILES string of the molecule is CC(C)(C)OC(=O)CCCCCCn1c(=O)[nH]c2ccccc21. The van der Waals surface area contributed by atoms with Crippen molar-refractivity contribution >= 4 is 17.0 Å². The molecule has 5 heteroatoms. The normalized spacial score (nSPS) is 11.8. The van der Waals surface area contributed by atoms with Crippen LogP contribution in [0, 0.1) is 0 Å². The number of rotatable bonds is 7. The third kappa shape index (κ3) is 5.27. The molecule has 0 saturated heterocycles. The van der Waals surface area contributed by atoms with E-state index in [1.165, 1.54) is 0 Å². The van der Waals surface area contributed by atoms with Gasteiger partial charge in [-0.3, -0.25) is 9.36 Å². The van der Waals surface area contributed by atoms with E-state index in [4.69, 9.17) is 4.74 Å². The molecule has 1 aromatic carbocycles. The lowest BCUT2D eigenvalue weighted by atomic mass is 10.1. The largest absolute Gasteiger partial charge is 0.460 e. The molecule has 126 valence electrons. The average Bonchev–Trinajstić information content (AvgIpc) is 2.76. The summed E-state index contributed by atoms with van der Waals surface area (Å²) in [6, 6.07) is 7.72. The lowest BCUT2D eigenvalue weighted by Gasteiger charge is -2.19. The number of ether oxygens (including phenoxy) is 1. The maximum absolute atomic E-state index is 11.9. The fourth-order valence-electron chi connectivity index (χ4n) is 2.61. The molecular formula is C18H26N2O3. The van der Waals surface area contributed by atoms with Crippen LogP contribution in [0.15, 0.2) is 29.1 Å². The van der Waals surface area contributed by atoms with Gasteiger partial charge in [0.25, 0.3) is 0 Å². The number of nitrogens with one attached hydrogen (secondary N) is 1. The summed E-state index contributed by atoms with van der Waals surface area (Å²) in [7, 11) is 0. The Kier molecular flexibility index (Phi) is 5.64. The maximum atomic E-state index is 11.9. The second kappa shape index (κ2) is 7.49. The molecule has 0 aliphatic rings. The van der Waals surface area contributed by atoms with Crippen LogP contribution < -0.4 is 5.69 Å². The Bertz CT molecular complexity index is 707. The lowest BCUT2D eigenvalue weighted by molar-refractivity contribution is -0.154. The molecule has 0 radical (unpaired) electrons. The molecule has 1 aromatic heterocycles. The van der Waals surface area contributed by atoms with Crippen LogP contribution in [0.2, 0.25) is 0 Å². The van der Waals surface area contributed by atoms with Crippen molar-refractivity contribution in [1.29, 1.82) is 0 Å². The van der Waals surface area contributed by atoms with Crippen LogP contribution in [0.25, 0.3) is 11.0 Å². The minimum absolute atomic E-state index is 0.0556. The number of esters is 1. The molecule has 1 heterocycles. The van der Waals surface area contributed by atoms with Crippen molar-refractivity contribution in [2.75, 3.05) is 0 Å². The molecule has 2 aromatic rings. The first kappa shape index (κ1) is 17.3. The third-order valence-electron chi connectivity index (χ3n) is 3.61. The number of hydrogen-bond acceptors (Lipinski definition) is 3. The minimum Gasteiger partial charge on any atom is -0.460 e. The minimum atomic E-state index is -0.409. The summed E-state index contributed by atoms with van der Waals surface area (Å²) < 4.78 is 7.06. The molecule has 0 amide bonds. The van der Waals surface area contributed by atoms with Crippen LogP contribution in [0.4, 0.5) is 0 Å². The number of H-pyrrole nitrogens is 1. The van der Waals surface area contributed by atoms with E-state index in [2.05, 4.69) is 4.98 Å². The molecule has 0 aliphatic heterocycles. The van der Waals surface area contributed by atoms with E-state index in [9.17, 15) is 9.59 Å². The van der Waals surface area contributed by atoms with E-state index in [1.54, 1.807) is 4.57 Å². The van der Waals surface area contributed by atoms with Crippen LogP contribution >= 0.6 is 0 Å². The number of carbonyl (C=O) groups is 1. The highest BCUT2D eigenvalue weighted by Gasteiger charge is 2.15. The molecule has 0 aliphatic carbocycles. The predicted molar refractivity (Wildman–Crippen MR) is 91.5 cm³/mol. The fourth-order valence-corrected chi connectivity index (χ4v) is 2.61. The number of nitrogens with zero attached hydrogens (tertiary/aromatic N) is 1. The highest BCUT2D eigenvalue weighted by atomic mass is 16.6. The van der Waals surface area contributed by atoms with E-state index in [0.717, 1.165) is 36.7 Å². The molecule has 0 bridgehead atoms. The third-order valence-corrected chi connectivity index (χ3v) is 3.61. The maximum Gasteiger partial charge on any atom is 0.326 e. The molecule has 0 unspecified atom stereocenters. The van der Waals surface area contributed by atoms with Crippen molar-refractivity contribution in [3.8, 4) is 0 Å². The molecule has 0 spiro atoms. The Labute approximate surface area is 136 Å². The first-order valence-corrected chi connectivity index (χ1v) is 8.26. The number of aromatic amines is 1. The highest BCUT2D eigenvalue weighted by Crippen LogP contribution is 2.13. The van der Waals surface area contributed by atoms with Gasteiger partial charge in [-0.05, 0) is 45.7 Å². The Balaban J connectivity index is 1.71. The van der Waals surface area contributed by atoms with E-state index in [1.807, 2.05) is 45.0 Å². The number of aromatic nitrogens is 2. The standard InChI is InChI=1S/C18H26N2O3/c1-18(2,3)23-16(21)12-6-4-5-9-13-20-15-11-8-7-10-14(15)19-17(20)22/h7-8,10-11H,4-6,9,12-13H2,1-3H3,(H,19,22). The predicted octanol–water partition coefficient (Wildman–Crippen LogP) is 3.62. The van der Waals surface area contributed by atoms with Crippen LogP contribution in [0.1, 0.15) is 52.9 Å². The quantitative estimate of drug-likeness (QED) is 0.626. The summed E-state index contributed by atoms with van der Waals surface area (Å²) in [6.45, 7) is 6.34. The summed E-state index contributed by atoms with van der Waals surface area (Å²) in [5.74, 6) is -0.134. The Morgan fingerprint density at radius 1 is 1.13 bits per heavy atom. The van der Waals surface area contributed by atoms with Crippen LogP contribution in [0.5, 0.6) is 0 Å². The van der Waals surface area contributed by atoms with Gasteiger partial charge >= 0.3 is 11.7 Å². The number of para-hydroxylation sites is 2. The van der Waals surface area contributed by atoms with E-state index in [-0.39, 0.29) is 11.7 Å². The Hall–Kier alpha value is -2.04. The molecule has 5 nitrogen and oxygen atoms in total. The van der Waals surface area contributed by atoms with Crippen LogP contribution in [-0.2, 0) is 16.1 Å². The van der Waals surface area contributed by atoms with E-state index in [0.29, 0.717) is 13.0 Å². The number of aryl methyl sites for hydroxylation is 1. The first-order chi connectivity index (χ1) is 10.9. The van der Waals surface area contributed by atoms with Crippen molar-refractivity contribution < 1.29 is 9.53 Å². The zero-order valence-corrected chi connectivity index (χ0v) is 14.2. The molecule has 1 N–H and O–H groups in total. The number of fused-ring (bicyclic) bond motifs is 1. The van der Waals surface area contributed by atoms with Gasteiger partial charge in [0.2, 0.25) is 0 Å². The monoisotopic (exact) mass is 318 g/mol. The van der Waals surface area contributed by atoms with Gasteiger partial charge < -0.3 is 9.72 Å². The molecule has 0 atom stereocenters.